The Balaban J connectivity index is 2.09. The lowest BCUT2D eigenvalue weighted by Crippen LogP contribution is -2.45. The summed E-state index contributed by atoms with van der Waals surface area (Å²) in [5.74, 6) is -0.577. The second-order valence-electron chi connectivity index (χ2n) is 5.51. The zero-order valence-corrected chi connectivity index (χ0v) is 12.0. The molecule has 1 saturated heterocycles. The number of nitrogens with one attached hydrogen (secondary N) is 2. The van der Waals surface area contributed by atoms with E-state index in [0.29, 0.717) is 5.69 Å². The van der Waals surface area contributed by atoms with Gasteiger partial charge in [-0.2, -0.15) is 0 Å². The standard InChI is InChI=1S/C14H18N4O3/c1-14(2,15)12(20)17-10-5-3-4-9(6-10)8-18-11(19)7-16-13(18)21/h3-6H,7-8,15H2,1-2H3,(H,16,21)(H,17,20). The number of carbonyl (C=O) groups is 3. The van der Waals surface area contributed by atoms with E-state index in [1.807, 2.05) is 0 Å². The number of rotatable bonds is 4. The Kier molecular flexibility index (Phi) is 3.95. The molecule has 21 heavy (non-hydrogen) atoms. The molecule has 1 aliphatic heterocycles. The van der Waals surface area contributed by atoms with Crippen molar-refractivity contribution < 1.29 is 14.4 Å². The molecule has 1 aromatic carbocycles. The second kappa shape index (κ2) is 5.53. The van der Waals surface area contributed by atoms with Crippen LogP contribution >= 0.6 is 0 Å². The van der Waals surface area contributed by atoms with Gasteiger partial charge in [0.05, 0.1) is 18.6 Å². The van der Waals surface area contributed by atoms with Crippen LogP contribution in [-0.2, 0) is 16.1 Å². The third-order valence-electron chi connectivity index (χ3n) is 3.05. The normalized spacial score (nSPS) is 15.1. The first kappa shape index (κ1) is 15.0. The molecule has 0 atom stereocenters. The zero-order valence-electron chi connectivity index (χ0n) is 12.0. The maximum Gasteiger partial charge on any atom is 0.324 e. The lowest BCUT2D eigenvalue weighted by atomic mass is 10.1. The van der Waals surface area contributed by atoms with Crippen LogP contribution in [-0.4, -0.2) is 34.8 Å². The van der Waals surface area contributed by atoms with Crippen LogP contribution < -0.4 is 16.4 Å². The minimum Gasteiger partial charge on any atom is -0.329 e. The molecule has 0 spiro atoms. The van der Waals surface area contributed by atoms with E-state index in [9.17, 15) is 14.4 Å². The lowest BCUT2D eigenvalue weighted by molar-refractivity contribution is -0.125. The Morgan fingerprint density at radius 1 is 1.43 bits per heavy atom. The van der Waals surface area contributed by atoms with Crippen molar-refractivity contribution >= 4 is 23.5 Å². The fourth-order valence-corrected chi connectivity index (χ4v) is 1.84. The van der Waals surface area contributed by atoms with Crippen molar-refractivity contribution in [2.75, 3.05) is 11.9 Å². The molecule has 4 amide bonds. The van der Waals surface area contributed by atoms with Crippen molar-refractivity contribution in [3.05, 3.63) is 29.8 Å². The van der Waals surface area contributed by atoms with Crippen LogP contribution in [0.1, 0.15) is 19.4 Å². The maximum atomic E-state index is 11.8. The predicted octanol–water partition coefficient (Wildman–Crippen LogP) is 0.414. The van der Waals surface area contributed by atoms with Gasteiger partial charge in [0.2, 0.25) is 11.8 Å². The van der Waals surface area contributed by atoms with E-state index < -0.39 is 11.6 Å². The van der Waals surface area contributed by atoms with Gasteiger partial charge < -0.3 is 16.4 Å². The first-order chi connectivity index (χ1) is 9.77. The Labute approximate surface area is 122 Å². The summed E-state index contributed by atoms with van der Waals surface area (Å²) in [6, 6.07) is 6.55. The molecule has 7 nitrogen and oxygen atoms in total. The highest BCUT2D eigenvalue weighted by Gasteiger charge is 2.28. The SMILES string of the molecule is CC(C)(N)C(=O)Nc1cccc(CN2C(=O)CNC2=O)c1. The maximum absolute atomic E-state index is 11.8. The molecule has 1 heterocycles. The van der Waals surface area contributed by atoms with Gasteiger partial charge in [-0.1, -0.05) is 12.1 Å². The number of amides is 4. The average Bonchev–Trinajstić information content (AvgIpc) is 2.70. The van der Waals surface area contributed by atoms with E-state index in [4.69, 9.17) is 5.73 Å². The molecule has 0 radical (unpaired) electrons. The van der Waals surface area contributed by atoms with Gasteiger partial charge in [0.15, 0.2) is 0 Å². The largest absolute Gasteiger partial charge is 0.329 e. The number of nitrogens with zero attached hydrogens (tertiary/aromatic N) is 1. The van der Waals surface area contributed by atoms with Gasteiger partial charge in [0, 0.05) is 5.69 Å². The minimum absolute atomic E-state index is 0.0244. The van der Waals surface area contributed by atoms with Crippen molar-refractivity contribution in [3.63, 3.8) is 0 Å². The van der Waals surface area contributed by atoms with Gasteiger partial charge in [-0.25, -0.2) is 4.79 Å². The summed E-state index contributed by atoms with van der Waals surface area (Å²) >= 11 is 0. The summed E-state index contributed by atoms with van der Waals surface area (Å²) in [6.07, 6.45) is 0. The monoisotopic (exact) mass is 290 g/mol. The van der Waals surface area contributed by atoms with Crippen molar-refractivity contribution in [1.29, 1.82) is 0 Å². The lowest BCUT2D eigenvalue weighted by Gasteiger charge is -2.18. The predicted molar refractivity (Wildman–Crippen MR) is 77.3 cm³/mol. The number of imide groups is 1. The third kappa shape index (κ3) is 3.57. The Hall–Kier alpha value is -2.41. The summed E-state index contributed by atoms with van der Waals surface area (Å²) in [6.45, 7) is 3.41. The van der Waals surface area contributed by atoms with Crippen LogP contribution in [0.15, 0.2) is 24.3 Å². The van der Waals surface area contributed by atoms with Crippen LogP contribution in [0, 0.1) is 0 Å². The van der Waals surface area contributed by atoms with E-state index in [-0.39, 0.29) is 24.9 Å². The number of hydrogen-bond acceptors (Lipinski definition) is 4. The fraction of sp³-hybridized carbons (Fsp3) is 0.357. The quantitative estimate of drug-likeness (QED) is 0.699. The smallest absolute Gasteiger partial charge is 0.324 e. The topological polar surface area (TPSA) is 105 Å². The molecule has 7 heteroatoms. The highest BCUT2D eigenvalue weighted by Crippen LogP contribution is 2.15. The molecule has 1 aromatic rings. The van der Waals surface area contributed by atoms with Crippen LogP contribution in [0.5, 0.6) is 0 Å². The highest BCUT2D eigenvalue weighted by atomic mass is 16.2. The third-order valence-corrected chi connectivity index (χ3v) is 3.05. The molecule has 0 aromatic heterocycles. The van der Waals surface area contributed by atoms with E-state index in [2.05, 4.69) is 10.6 Å². The number of urea groups is 1. The van der Waals surface area contributed by atoms with Crippen molar-refractivity contribution in [1.82, 2.24) is 10.2 Å². The van der Waals surface area contributed by atoms with Gasteiger partial charge >= 0.3 is 6.03 Å². The van der Waals surface area contributed by atoms with Gasteiger partial charge in [-0.15, -0.1) is 0 Å². The summed E-state index contributed by atoms with van der Waals surface area (Å²) < 4.78 is 0. The molecule has 0 unspecified atom stereocenters. The van der Waals surface area contributed by atoms with Gasteiger partial charge in [0.1, 0.15) is 0 Å². The number of carbonyl (C=O) groups excluding carboxylic acids is 3. The number of benzene rings is 1. The second-order valence-corrected chi connectivity index (χ2v) is 5.51. The molecule has 112 valence electrons. The van der Waals surface area contributed by atoms with Crippen LogP contribution in [0.3, 0.4) is 0 Å². The van der Waals surface area contributed by atoms with E-state index >= 15 is 0 Å². The van der Waals surface area contributed by atoms with Gasteiger partial charge in [0.25, 0.3) is 0 Å². The minimum atomic E-state index is -0.985. The molecule has 0 aliphatic carbocycles. The number of nitrogens with two attached hydrogens (primary N) is 1. The van der Waals surface area contributed by atoms with Gasteiger partial charge in [-0.05, 0) is 31.5 Å². The molecular weight excluding hydrogens is 272 g/mol. The molecule has 4 N–H and O–H groups in total. The Bertz CT molecular complexity index is 576. The number of anilines is 1. The Morgan fingerprint density at radius 2 is 2.14 bits per heavy atom. The summed E-state index contributed by atoms with van der Waals surface area (Å²) in [7, 11) is 0. The summed E-state index contributed by atoms with van der Waals surface area (Å²) in [5, 5.41) is 5.16. The van der Waals surface area contributed by atoms with E-state index in [1.165, 1.54) is 0 Å². The molecular formula is C14H18N4O3. The first-order valence-corrected chi connectivity index (χ1v) is 6.55. The van der Waals surface area contributed by atoms with Crippen LogP contribution in [0.25, 0.3) is 0 Å². The molecule has 2 rings (SSSR count). The van der Waals surface area contributed by atoms with Crippen molar-refractivity contribution in [2.24, 2.45) is 5.73 Å². The van der Waals surface area contributed by atoms with Crippen LogP contribution in [0.4, 0.5) is 10.5 Å². The summed E-state index contributed by atoms with van der Waals surface area (Å²) in [4.78, 5) is 36.0. The molecule has 1 fully saturated rings. The van der Waals surface area contributed by atoms with Crippen molar-refractivity contribution in [3.8, 4) is 0 Å². The van der Waals surface area contributed by atoms with Crippen molar-refractivity contribution in [2.45, 2.75) is 25.9 Å². The molecule has 0 saturated carbocycles. The van der Waals surface area contributed by atoms with Gasteiger partial charge in [-0.3, -0.25) is 14.5 Å². The first-order valence-electron chi connectivity index (χ1n) is 6.55. The van der Waals surface area contributed by atoms with E-state index in [0.717, 1.165) is 10.5 Å². The molecule has 0 bridgehead atoms. The highest BCUT2D eigenvalue weighted by molar-refractivity contribution is 6.02. The fourth-order valence-electron chi connectivity index (χ4n) is 1.84. The summed E-state index contributed by atoms with van der Waals surface area (Å²) in [5.41, 5.74) is 6.05. The molecule has 1 aliphatic rings. The van der Waals surface area contributed by atoms with E-state index in [1.54, 1.807) is 38.1 Å². The van der Waals surface area contributed by atoms with Crippen LogP contribution in [0.2, 0.25) is 0 Å². The number of hydrogen-bond donors (Lipinski definition) is 3. The Morgan fingerprint density at radius 3 is 2.71 bits per heavy atom. The zero-order chi connectivity index (χ0) is 15.6. The average molecular weight is 290 g/mol.